The van der Waals surface area contributed by atoms with Gasteiger partial charge in [0.25, 0.3) is 0 Å². The first-order valence-electron chi connectivity index (χ1n) is 12.5. The first kappa shape index (κ1) is 23.4. The number of ether oxygens (including phenoxy) is 1. The average molecular weight is 470 g/mol. The standard InChI is InChI=1S/C34H31NO/c1-4-6-15-26(5-2)27-21-22-33-31(24-27)30-18-8-7-9-19-32(30)35(33)29-17-12-10-14-25(3)36-34-20-13-11-16-28(34)23-29/h4-6,8-11,13-22,24H,1,3,7,12,23H2,2H3/b14-10-,15-6-,26-5+,29-17+. The van der Waals surface area contributed by atoms with Gasteiger partial charge in [0.2, 0.25) is 0 Å². The quantitative estimate of drug-likeness (QED) is 0.347. The molecule has 0 saturated heterocycles. The van der Waals surface area contributed by atoms with E-state index in [-0.39, 0.29) is 0 Å². The Morgan fingerprint density at radius 2 is 1.83 bits per heavy atom. The summed E-state index contributed by atoms with van der Waals surface area (Å²) < 4.78 is 8.51. The molecule has 2 aromatic carbocycles. The van der Waals surface area contributed by atoms with Gasteiger partial charge < -0.3 is 9.30 Å². The van der Waals surface area contributed by atoms with Gasteiger partial charge in [0, 0.05) is 28.6 Å². The number of aromatic nitrogens is 1. The van der Waals surface area contributed by atoms with Crippen LogP contribution in [-0.4, -0.2) is 4.57 Å². The molecule has 2 aliphatic rings. The molecule has 3 aromatic rings. The zero-order chi connectivity index (χ0) is 24.9. The monoisotopic (exact) mass is 469 g/mol. The van der Waals surface area contributed by atoms with Gasteiger partial charge in [0.1, 0.15) is 11.5 Å². The van der Waals surface area contributed by atoms with Crippen LogP contribution in [0.3, 0.4) is 0 Å². The lowest BCUT2D eigenvalue weighted by molar-refractivity contribution is 0.442. The van der Waals surface area contributed by atoms with Gasteiger partial charge in [-0.2, -0.15) is 0 Å². The maximum absolute atomic E-state index is 6.08. The number of benzene rings is 2. The summed E-state index contributed by atoms with van der Waals surface area (Å²) in [5.74, 6) is 1.51. The van der Waals surface area contributed by atoms with Crippen molar-refractivity contribution < 1.29 is 4.74 Å². The lowest BCUT2D eigenvalue weighted by atomic mass is 10.0. The predicted octanol–water partition coefficient (Wildman–Crippen LogP) is 9.15. The summed E-state index contributed by atoms with van der Waals surface area (Å²) in [6.07, 6.45) is 26.0. The van der Waals surface area contributed by atoms with E-state index in [2.05, 4.69) is 104 Å². The second-order valence-corrected chi connectivity index (χ2v) is 8.93. The summed E-state index contributed by atoms with van der Waals surface area (Å²) in [5.41, 5.74) is 8.44. The first-order valence-corrected chi connectivity index (χ1v) is 12.5. The lowest BCUT2D eigenvalue weighted by Gasteiger charge is -2.18. The van der Waals surface area contributed by atoms with Crippen LogP contribution in [0, 0.1) is 0 Å². The molecule has 0 fully saturated rings. The molecule has 36 heavy (non-hydrogen) atoms. The number of fused-ring (bicyclic) bond motifs is 4. The molecule has 0 N–H and O–H groups in total. The fourth-order valence-corrected chi connectivity index (χ4v) is 4.90. The molecule has 0 spiro atoms. The third kappa shape index (κ3) is 4.63. The van der Waals surface area contributed by atoms with E-state index in [1.807, 2.05) is 30.4 Å². The average Bonchev–Trinajstić information content (AvgIpc) is 3.02. The van der Waals surface area contributed by atoms with Crippen LogP contribution in [0.15, 0.2) is 116 Å². The molecule has 5 rings (SSSR count). The Labute approximate surface area is 213 Å². The van der Waals surface area contributed by atoms with E-state index in [9.17, 15) is 0 Å². The molecule has 2 nitrogen and oxygen atoms in total. The van der Waals surface area contributed by atoms with E-state index in [0.717, 1.165) is 30.6 Å². The van der Waals surface area contributed by atoms with E-state index in [1.165, 1.54) is 39.0 Å². The molecule has 0 saturated carbocycles. The van der Waals surface area contributed by atoms with Crippen LogP contribution >= 0.6 is 0 Å². The summed E-state index contributed by atoms with van der Waals surface area (Å²) >= 11 is 0. The maximum Gasteiger partial charge on any atom is 0.130 e. The van der Waals surface area contributed by atoms with Crippen LogP contribution in [-0.2, 0) is 6.42 Å². The Hall–Kier alpha value is -4.30. The van der Waals surface area contributed by atoms with Crippen LogP contribution in [0.5, 0.6) is 5.75 Å². The summed E-state index contributed by atoms with van der Waals surface area (Å²) in [5, 5.41) is 1.25. The van der Waals surface area contributed by atoms with Gasteiger partial charge in [-0.05, 0) is 61.3 Å². The number of nitrogens with zero attached hydrogens (tertiary/aromatic N) is 1. The molecule has 0 unspecified atom stereocenters. The molecule has 0 amide bonds. The zero-order valence-corrected chi connectivity index (χ0v) is 20.8. The smallest absolute Gasteiger partial charge is 0.130 e. The van der Waals surface area contributed by atoms with Gasteiger partial charge in [-0.3, -0.25) is 0 Å². The minimum absolute atomic E-state index is 0.658. The Morgan fingerprint density at radius 1 is 1.00 bits per heavy atom. The SMILES string of the molecule is C=C/C=C\C(=C/C)c1ccc2c(c1)c1c(n2/C2=C/C/C=C\C(=C)Oc3ccccc3C2)C=CCC=C1. The minimum Gasteiger partial charge on any atom is -0.458 e. The third-order valence-electron chi connectivity index (χ3n) is 6.60. The highest BCUT2D eigenvalue weighted by atomic mass is 16.5. The predicted molar refractivity (Wildman–Crippen MR) is 156 cm³/mol. The van der Waals surface area contributed by atoms with E-state index < -0.39 is 0 Å². The van der Waals surface area contributed by atoms with Gasteiger partial charge in [0.05, 0.1) is 11.2 Å². The highest BCUT2D eigenvalue weighted by Crippen LogP contribution is 2.37. The van der Waals surface area contributed by atoms with Crippen molar-refractivity contribution in [3.05, 3.63) is 138 Å². The highest BCUT2D eigenvalue weighted by Gasteiger charge is 2.19. The molecule has 0 bridgehead atoms. The molecule has 1 aromatic heterocycles. The summed E-state index contributed by atoms with van der Waals surface area (Å²) in [6.45, 7) is 9.95. The summed E-state index contributed by atoms with van der Waals surface area (Å²) in [4.78, 5) is 0. The van der Waals surface area contributed by atoms with E-state index in [4.69, 9.17) is 4.74 Å². The number of rotatable bonds is 4. The molecule has 1 aliphatic heterocycles. The van der Waals surface area contributed by atoms with Crippen LogP contribution in [0.25, 0.3) is 34.3 Å². The Morgan fingerprint density at radius 3 is 2.69 bits per heavy atom. The molecule has 2 heteroatoms. The highest BCUT2D eigenvalue weighted by molar-refractivity contribution is 5.99. The maximum atomic E-state index is 6.08. The second-order valence-electron chi connectivity index (χ2n) is 8.93. The molecular formula is C34H31NO. The van der Waals surface area contributed by atoms with E-state index in [0.29, 0.717) is 5.76 Å². The largest absolute Gasteiger partial charge is 0.458 e. The topological polar surface area (TPSA) is 14.2 Å². The van der Waals surface area contributed by atoms with Crippen molar-refractivity contribution in [2.45, 2.75) is 26.2 Å². The lowest BCUT2D eigenvalue weighted by Crippen LogP contribution is -2.05. The number of para-hydroxylation sites is 1. The normalized spacial score (nSPS) is 18.2. The molecule has 1 aliphatic carbocycles. The van der Waals surface area contributed by atoms with Gasteiger partial charge in [-0.25, -0.2) is 0 Å². The van der Waals surface area contributed by atoms with Crippen molar-refractivity contribution in [3.8, 4) is 5.75 Å². The molecular weight excluding hydrogens is 438 g/mol. The number of hydrogen-bond acceptors (Lipinski definition) is 1. The van der Waals surface area contributed by atoms with Crippen LogP contribution in [0.4, 0.5) is 0 Å². The van der Waals surface area contributed by atoms with Gasteiger partial charge in [0.15, 0.2) is 0 Å². The van der Waals surface area contributed by atoms with Gasteiger partial charge in [-0.15, -0.1) is 0 Å². The zero-order valence-electron chi connectivity index (χ0n) is 20.8. The Bertz CT molecular complexity index is 1510. The van der Waals surface area contributed by atoms with Crippen molar-refractivity contribution in [1.29, 1.82) is 0 Å². The number of allylic oxidation sites excluding steroid dienone is 11. The fourth-order valence-electron chi connectivity index (χ4n) is 4.90. The molecule has 0 atom stereocenters. The molecule has 178 valence electrons. The van der Waals surface area contributed by atoms with Crippen LogP contribution < -0.4 is 4.74 Å². The number of hydrogen-bond donors (Lipinski definition) is 0. The van der Waals surface area contributed by atoms with E-state index in [1.54, 1.807) is 0 Å². The summed E-state index contributed by atoms with van der Waals surface area (Å²) in [6, 6.07) is 15.0. The van der Waals surface area contributed by atoms with Gasteiger partial charge in [-0.1, -0.05) is 92.1 Å². The van der Waals surface area contributed by atoms with Crippen molar-refractivity contribution in [2.75, 3.05) is 0 Å². The van der Waals surface area contributed by atoms with Crippen LogP contribution in [0.2, 0.25) is 0 Å². The van der Waals surface area contributed by atoms with Crippen molar-refractivity contribution in [2.24, 2.45) is 0 Å². The van der Waals surface area contributed by atoms with Crippen molar-refractivity contribution >= 4 is 34.3 Å². The second kappa shape index (κ2) is 10.5. The Balaban J connectivity index is 1.72. The third-order valence-corrected chi connectivity index (χ3v) is 6.60. The van der Waals surface area contributed by atoms with Crippen molar-refractivity contribution in [1.82, 2.24) is 4.57 Å². The fraction of sp³-hybridized carbons (Fsp3) is 0.118. The molecule has 2 heterocycles. The van der Waals surface area contributed by atoms with Crippen molar-refractivity contribution in [3.63, 3.8) is 0 Å². The Kier molecular flexibility index (Phi) is 6.86. The first-order chi connectivity index (χ1) is 17.7. The van der Waals surface area contributed by atoms with E-state index >= 15 is 0 Å². The molecule has 0 radical (unpaired) electrons. The van der Waals surface area contributed by atoms with Gasteiger partial charge >= 0.3 is 0 Å². The van der Waals surface area contributed by atoms with Crippen LogP contribution in [0.1, 0.15) is 42.1 Å². The minimum atomic E-state index is 0.658. The summed E-state index contributed by atoms with van der Waals surface area (Å²) in [7, 11) is 0.